The third-order valence-corrected chi connectivity index (χ3v) is 4.58. The molecule has 0 aliphatic carbocycles. The molecule has 2 rings (SSSR count). The van der Waals surface area contributed by atoms with Crippen LogP contribution in [-0.4, -0.2) is 44.3 Å². The van der Waals surface area contributed by atoms with E-state index in [1.165, 1.54) is 50.0 Å². The summed E-state index contributed by atoms with van der Waals surface area (Å²) in [5.74, 6) is 0. The minimum absolute atomic E-state index is 0.454. The first-order valence-corrected chi connectivity index (χ1v) is 8.31. The van der Waals surface area contributed by atoms with Crippen molar-refractivity contribution in [3.8, 4) is 0 Å². The van der Waals surface area contributed by atoms with Gasteiger partial charge < -0.3 is 15.0 Å². The van der Waals surface area contributed by atoms with Gasteiger partial charge in [-0.15, -0.1) is 0 Å². The van der Waals surface area contributed by atoms with Crippen LogP contribution in [-0.2, 0) is 4.74 Å². The Balaban J connectivity index is 1.81. The maximum absolute atomic E-state index is 5.72. The molecule has 21 heavy (non-hydrogen) atoms. The molecular formula is C18H30N2O. The van der Waals surface area contributed by atoms with Crippen molar-refractivity contribution in [3.05, 3.63) is 35.4 Å². The minimum atomic E-state index is 0.454. The first-order valence-electron chi connectivity index (χ1n) is 8.31. The van der Waals surface area contributed by atoms with E-state index in [0.717, 1.165) is 6.61 Å². The summed E-state index contributed by atoms with van der Waals surface area (Å²) in [7, 11) is 2.07. The first kappa shape index (κ1) is 16.5. The van der Waals surface area contributed by atoms with Gasteiger partial charge >= 0.3 is 0 Å². The summed E-state index contributed by atoms with van der Waals surface area (Å²) >= 11 is 0. The number of hydrogen-bond donors (Lipinski definition) is 1. The summed E-state index contributed by atoms with van der Waals surface area (Å²) < 4.78 is 5.72. The number of rotatable bonds is 7. The summed E-state index contributed by atoms with van der Waals surface area (Å²) in [5.41, 5.74) is 2.82. The SMILES string of the molecule is CCOC1CCN(CCC(NC)c2ccccc2C)CC1. The summed E-state index contributed by atoms with van der Waals surface area (Å²) in [6, 6.07) is 9.16. The van der Waals surface area contributed by atoms with Crippen molar-refractivity contribution in [1.29, 1.82) is 0 Å². The Morgan fingerprint density at radius 2 is 2.00 bits per heavy atom. The van der Waals surface area contributed by atoms with Gasteiger partial charge in [0.05, 0.1) is 6.10 Å². The molecule has 0 radical (unpaired) electrons. The average molecular weight is 290 g/mol. The maximum Gasteiger partial charge on any atom is 0.0599 e. The molecule has 1 aliphatic rings. The summed E-state index contributed by atoms with van der Waals surface area (Å²) in [4.78, 5) is 2.58. The summed E-state index contributed by atoms with van der Waals surface area (Å²) in [5, 5.41) is 3.48. The largest absolute Gasteiger partial charge is 0.378 e. The molecule has 1 aliphatic heterocycles. The molecular weight excluding hydrogens is 260 g/mol. The molecule has 1 atom stereocenters. The lowest BCUT2D eigenvalue weighted by Crippen LogP contribution is -2.38. The molecule has 1 fully saturated rings. The van der Waals surface area contributed by atoms with Gasteiger partial charge in [-0.2, -0.15) is 0 Å². The zero-order valence-electron chi connectivity index (χ0n) is 13.8. The fourth-order valence-corrected chi connectivity index (χ4v) is 3.28. The van der Waals surface area contributed by atoms with Crippen LogP contribution >= 0.6 is 0 Å². The van der Waals surface area contributed by atoms with E-state index in [2.05, 4.69) is 55.4 Å². The van der Waals surface area contributed by atoms with Crippen LogP contribution in [0.1, 0.15) is 43.4 Å². The smallest absolute Gasteiger partial charge is 0.0599 e. The van der Waals surface area contributed by atoms with Crippen molar-refractivity contribution in [1.82, 2.24) is 10.2 Å². The number of benzene rings is 1. The molecule has 1 saturated heterocycles. The lowest BCUT2D eigenvalue weighted by molar-refractivity contribution is 0.0136. The van der Waals surface area contributed by atoms with E-state index >= 15 is 0 Å². The number of aryl methyl sites for hydroxylation is 1. The molecule has 0 amide bonds. The number of hydrogen-bond acceptors (Lipinski definition) is 3. The van der Waals surface area contributed by atoms with E-state index in [9.17, 15) is 0 Å². The van der Waals surface area contributed by atoms with Crippen molar-refractivity contribution in [3.63, 3.8) is 0 Å². The van der Waals surface area contributed by atoms with Crippen LogP contribution in [0.25, 0.3) is 0 Å². The van der Waals surface area contributed by atoms with Crippen molar-refractivity contribution in [2.24, 2.45) is 0 Å². The van der Waals surface area contributed by atoms with Crippen LogP contribution in [0.5, 0.6) is 0 Å². The topological polar surface area (TPSA) is 24.5 Å². The molecule has 0 spiro atoms. The zero-order valence-corrected chi connectivity index (χ0v) is 13.8. The van der Waals surface area contributed by atoms with Crippen LogP contribution in [0.2, 0.25) is 0 Å². The molecule has 1 aromatic rings. The van der Waals surface area contributed by atoms with Gasteiger partial charge in [-0.25, -0.2) is 0 Å². The second-order valence-electron chi connectivity index (χ2n) is 5.98. The zero-order chi connectivity index (χ0) is 15.1. The van der Waals surface area contributed by atoms with Crippen molar-refractivity contribution >= 4 is 0 Å². The first-order chi connectivity index (χ1) is 10.2. The lowest BCUT2D eigenvalue weighted by atomic mass is 9.98. The number of piperidine rings is 1. The van der Waals surface area contributed by atoms with Crippen molar-refractivity contribution in [2.75, 3.05) is 33.3 Å². The molecule has 118 valence electrons. The third kappa shape index (κ3) is 4.80. The van der Waals surface area contributed by atoms with E-state index in [-0.39, 0.29) is 0 Å². The highest BCUT2D eigenvalue weighted by atomic mass is 16.5. The van der Waals surface area contributed by atoms with Crippen molar-refractivity contribution < 1.29 is 4.74 Å². The second-order valence-corrected chi connectivity index (χ2v) is 5.98. The minimum Gasteiger partial charge on any atom is -0.378 e. The highest BCUT2D eigenvalue weighted by Gasteiger charge is 2.20. The molecule has 3 heteroatoms. The van der Waals surface area contributed by atoms with Crippen LogP contribution in [0, 0.1) is 6.92 Å². The van der Waals surface area contributed by atoms with Crippen LogP contribution in [0.15, 0.2) is 24.3 Å². The monoisotopic (exact) mass is 290 g/mol. The number of nitrogens with zero attached hydrogens (tertiary/aromatic N) is 1. The second kappa shape index (κ2) is 8.52. The van der Waals surface area contributed by atoms with Crippen molar-refractivity contribution in [2.45, 2.75) is 45.3 Å². The fraction of sp³-hybridized carbons (Fsp3) is 0.667. The molecule has 1 heterocycles. The van der Waals surface area contributed by atoms with E-state index in [1.807, 2.05) is 0 Å². The predicted molar refractivity (Wildman–Crippen MR) is 88.7 cm³/mol. The normalized spacial score (nSPS) is 18.8. The Morgan fingerprint density at radius 1 is 1.29 bits per heavy atom. The van der Waals surface area contributed by atoms with Gasteiger partial charge in [-0.3, -0.25) is 0 Å². The third-order valence-electron chi connectivity index (χ3n) is 4.58. The van der Waals surface area contributed by atoms with Gasteiger partial charge in [0.2, 0.25) is 0 Å². The van der Waals surface area contributed by atoms with E-state index in [0.29, 0.717) is 12.1 Å². The van der Waals surface area contributed by atoms with Gasteiger partial charge in [-0.05, 0) is 57.8 Å². The van der Waals surface area contributed by atoms with Gasteiger partial charge in [0.1, 0.15) is 0 Å². The van der Waals surface area contributed by atoms with Crippen LogP contribution < -0.4 is 5.32 Å². The average Bonchev–Trinajstić information content (AvgIpc) is 2.51. The Hall–Kier alpha value is -0.900. The highest BCUT2D eigenvalue weighted by molar-refractivity contribution is 5.28. The lowest BCUT2D eigenvalue weighted by Gasteiger charge is -2.32. The Morgan fingerprint density at radius 3 is 2.62 bits per heavy atom. The molecule has 0 saturated carbocycles. The van der Waals surface area contributed by atoms with E-state index in [4.69, 9.17) is 4.74 Å². The maximum atomic E-state index is 5.72. The molecule has 0 aromatic heterocycles. The van der Waals surface area contributed by atoms with Gasteiger partial charge in [0.15, 0.2) is 0 Å². The van der Waals surface area contributed by atoms with Gasteiger partial charge in [0, 0.05) is 25.7 Å². The predicted octanol–water partition coefficient (Wildman–Crippen LogP) is 3.15. The van der Waals surface area contributed by atoms with Gasteiger partial charge in [0.25, 0.3) is 0 Å². The Labute approximate surface area is 129 Å². The molecule has 3 nitrogen and oxygen atoms in total. The number of likely N-dealkylation sites (tertiary alicyclic amines) is 1. The van der Waals surface area contributed by atoms with Crippen LogP contribution in [0.4, 0.5) is 0 Å². The standard InChI is InChI=1S/C18H30N2O/c1-4-21-16-9-12-20(13-10-16)14-11-18(19-3)17-8-6-5-7-15(17)2/h5-8,16,18-19H,4,9-14H2,1-3H3. The Kier molecular flexibility index (Phi) is 6.68. The fourth-order valence-electron chi connectivity index (χ4n) is 3.28. The number of nitrogens with one attached hydrogen (secondary N) is 1. The molecule has 1 N–H and O–H groups in total. The molecule has 1 unspecified atom stereocenters. The summed E-state index contributed by atoms with van der Waals surface area (Å²) in [6.45, 7) is 8.65. The van der Waals surface area contributed by atoms with Crippen LogP contribution in [0.3, 0.4) is 0 Å². The molecule has 1 aromatic carbocycles. The number of ether oxygens (including phenoxy) is 1. The molecule has 0 bridgehead atoms. The van der Waals surface area contributed by atoms with E-state index in [1.54, 1.807) is 0 Å². The highest BCUT2D eigenvalue weighted by Crippen LogP contribution is 2.22. The quantitative estimate of drug-likeness (QED) is 0.835. The van der Waals surface area contributed by atoms with E-state index < -0.39 is 0 Å². The summed E-state index contributed by atoms with van der Waals surface area (Å²) in [6.07, 6.45) is 4.02. The Bertz CT molecular complexity index is 413. The van der Waals surface area contributed by atoms with Gasteiger partial charge in [-0.1, -0.05) is 24.3 Å².